The van der Waals surface area contributed by atoms with Crippen LogP contribution in [0.5, 0.6) is 0 Å². The second kappa shape index (κ2) is 6.82. The van der Waals surface area contributed by atoms with Crippen molar-refractivity contribution in [3.8, 4) is 5.69 Å². The van der Waals surface area contributed by atoms with Gasteiger partial charge < -0.3 is 5.32 Å². The van der Waals surface area contributed by atoms with Crippen LogP contribution in [0.4, 0.5) is 24.7 Å². The van der Waals surface area contributed by atoms with Crippen molar-refractivity contribution in [2.24, 2.45) is 5.92 Å². The number of benzene rings is 2. The van der Waals surface area contributed by atoms with Gasteiger partial charge in [0.1, 0.15) is 0 Å². The molecule has 0 saturated carbocycles. The van der Waals surface area contributed by atoms with Gasteiger partial charge in [0.15, 0.2) is 11.6 Å². The molecule has 1 aliphatic rings. The van der Waals surface area contributed by atoms with Crippen LogP contribution in [0, 0.1) is 5.92 Å². The number of fused-ring (bicyclic) bond motifs is 1. The van der Waals surface area contributed by atoms with Gasteiger partial charge >= 0.3 is 6.18 Å². The molecule has 0 spiro atoms. The number of carbonyl (C=O) groups excluding carboxylic acids is 1. The number of para-hydroxylation sites is 1. The van der Waals surface area contributed by atoms with E-state index in [2.05, 4.69) is 10.4 Å². The van der Waals surface area contributed by atoms with Gasteiger partial charge in [0.25, 0.3) is 0 Å². The largest absolute Gasteiger partial charge is 0.416 e. The van der Waals surface area contributed by atoms with Gasteiger partial charge in [-0.15, -0.1) is 5.10 Å². The molecular weight excluding hydrogens is 367 g/mol. The standard InChI is InChI=1S/C21H18F3N3O/c1-13-10-17-19(18(28)11-13)20(26-27(17)16-8-3-2-4-9-16)25-15-7-5-6-14(12-15)21(22,23)24/h2-9,12-13H,10-11H2,1H3,(H,25,26)/t13-/m0/s1. The SMILES string of the molecule is C[C@@H]1CC(=O)c2c(Nc3cccc(C(F)(F)F)c3)nn(-c3ccccc3)c2C1. The zero-order valence-corrected chi connectivity index (χ0v) is 15.1. The second-order valence-electron chi connectivity index (χ2n) is 7.06. The lowest BCUT2D eigenvalue weighted by atomic mass is 9.87. The first-order valence-corrected chi connectivity index (χ1v) is 8.97. The van der Waals surface area contributed by atoms with Crippen molar-refractivity contribution in [1.82, 2.24) is 9.78 Å². The first-order valence-electron chi connectivity index (χ1n) is 8.97. The van der Waals surface area contributed by atoms with Crippen LogP contribution < -0.4 is 5.32 Å². The summed E-state index contributed by atoms with van der Waals surface area (Å²) >= 11 is 0. The zero-order valence-electron chi connectivity index (χ0n) is 15.1. The smallest absolute Gasteiger partial charge is 0.338 e. The highest BCUT2D eigenvalue weighted by Gasteiger charge is 2.32. The molecule has 28 heavy (non-hydrogen) atoms. The molecule has 0 aliphatic heterocycles. The molecule has 1 atom stereocenters. The maximum atomic E-state index is 13.0. The Labute approximate surface area is 160 Å². The Bertz CT molecular complexity index is 1030. The van der Waals surface area contributed by atoms with Crippen LogP contribution >= 0.6 is 0 Å². The molecule has 4 rings (SSSR count). The van der Waals surface area contributed by atoms with Crippen LogP contribution in [0.15, 0.2) is 54.6 Å². The molecule has 144 valence electrons. The summed E-state index contributed by atoms with van der Waals surface area (Å²) in [6.45, 7) is 2.00. The van der Waals surface area contributed by atoms with Crippen molar-refractivity contribution in [1.29, 1.82) is 0 Å². The third-order valence-corrected chi connectivity index (χ3v) is 4.79. The Kier molecular flexibility index (Phi) is 4.45. The van der Waals surface area contributed by atoms with Gasteiger partial charge in [-0.05, 0) is 42.7 Å². The van der Waals surface area contributed by atoms with Crippen molar-refractivity contribution in [2.75, 3.05) is 5.32 Å². The predicted molar refractivity (Wildman–Crippen MR) is 100 cm³/mol. The normalized spacial score (nSPS) is 16.7. The molecule has 2 aromatic carbocycles. The lowest BCUT2D eigenvalue weighted by Crippen LogP contribution is -2.19. The van der Waals surface area contributed by atoms with E-state index < -0.39 is 11.7 Å². The lowest BCUT2D eigenvalue weighted by Gasteiger charge is -2.19. The molecular formula is C21H18F3N3O. The summed E-state index contributed by atoms with van der Waals surface area (Å²) in [5.41, 5.74) is 1.53. The van der Waals surface area contributed by atoms with Gasteiger partial charge in [0.2, 0.25) is 0 Å². The summed E-state index contributed by atoms with van der Waals surface area (Å²) in [5, 5.41) is 7.46. The van der Waals surface area contributed by atoms with Crippen molar-refractivity contribution in [3.63, 3.8) is 0 Å². The van der Waals surface area contributed by atoms with Gasteiger partial charge in [0, 0.05) is 12.1 Å². The minimum atomic E-state index is -4.44. The highest BCUT2D eigenvalue weighted by atomic mass is 19.4. The Morgan fingerprint density at radius 2 is 1.82 bits per heavy atom. The van der Waals surface area contributed by atoms with E-state index in [-0.39, 0.29) is 23.2 Å². The maximum Gasteiger partial charge on any atom is 0.416 e. The number of anilines is 2. The first kappa shape index (κ1) is 18.3. The van der Waals surface area contributed by atoms with E-state index in [4.69, 9.17) is 0 Å². The number of nitrogens with one attached hydrogen (secondary N) is 1. The Morgan fingerprint density at radius 1 is 1.07 bits per heavy atom. The van der Waals surface area contributed by atoms with E-state index in [1.54, 1.807) is 4.68 Å². The number of halogens is 3. The average molecular weight is 385 g/mol. The molecule has 1 N–H and O–H groups in total. The molecule has 7 heteroatoms. The predicted octanol–water partition coefficient (Wildman–Crippen LogP) is 5.40. The molecule has 0 unspecified atom stereocenters. The van der Waals surface area contributed by atoms with Crippen molar-refractivity contribution in [3.05, 3.63) is 71.4 Å². The first-order chi connectivity index (χ1) is 13.3. The van der Waals surface area contributed by atoms with E-state index in [1.165, 1.54) is 12.1 Å². The number of rotatable bonds is 3. The number of ketones is 1. The van der Waals surface area contributed by atoms with Crippen LogP contribution in [-0.4, -0.2) is 15.6 Å². The van der Waals surface area contributed by atoms with Gasteiger partial charge in [-0.1, -0.05) is 31.2 Å². The monoisotopic (exact) mass is 385 g/mol. The second-order valence-corrected chi connectivity index (χ2v) is 7.06. The van der Waals surface area contributed by atoms with Crippen molar-refractivity contribution >= 4 is 17.3 Å². The fourth-order valence-electron chi connectivity index (χ4n) is 3.54. The molecule has 0 fully saturated rings. The number of Topliss-reactive ketones (excluding diaryl/α,β-unsaturated/α-hetero) is 1. The van der Waals surface area contributed by atoms with Crippen molar-refractivity contribution in [2.45, 2.75) is 25.9 Å². The zero-order chi connectivity index (χ0) is 19.9. The fraction of sp³-hybridized carbons (Fsp3) is 0.238. The number of hydrogen-bond acceptors (Lipinski definition) is 3. The van der Waals surface area contributed by atoms with E-state index in [0.29, 0.717) is 18.4 Å². The lowest BCUT2D eigenvalue weighted by molar-refractivity contribution is -0.137. The van der Waals surface area contributed by atoms with E-state index in [9.17, 15) is 18.0 Å². The van der Waals surface area contributed by atoms with Gasteiger partial charge in [-0.3, -0.25) is 4.79 Å². The van der Waals surface area contributed by atoms with E-state index in [0.717, 1.165) is 23.5 Å². The molecule has 0 amide bonds. The fourth-order valence-corrected chi connectivity index (χ4v) is 3.54. The average Bonchev–Trinajstić information content (AvgIpc) is 3.00. The minimum absolute atomic E-state index is 0.0505. The number of hydrogen-bond donors (Lipinski definition) is 1. The maximum absolute atomic E-state index is 13.0. The molecule has 4 nitrogen and oxygen atoms in total. The van der Waals surface area contributed by atoms with Gasteiger partial charge in [0.05, 0.1) is 22.5 Å². The Morgan fingerprint density at radius 3 is 2.54 bits per heavy atom. The topological polar surface area (TPSA) is 46.9 Å². The highest BCUT2D eigenvalue weighted by molar-refractivity contribution is 6.03. The number of nitrogens with zero attached hydrogens (tertiary/aromatic N) is 2. The molecule has 1 aromatic heterocycles. The molecule has 0 bridgehead atoms. The van der Waals surface area contributed by atoms with E-state index in [1.807, 2.05) is 37.3 Å². The quantitative estimate of drug-likeness (QED) is 0.657. The summed E-state index contributed by atoms with van der Waals surface area (Å²) in [4.78, 5) is 12.7. The summed E-state index contributed by atoms with van der Waals surface area (Å²) < 4.78 is 40.7. The van der Waals surface area contributed by atoms with Crippen molar-refractivity contribution < 1.29 is 18.0 Å². The molecule has 0 saturated heterocycles. The third kappa shape index (κ3) is 3.40. The highest BCUT2D eigenvalue weighted by Crippen LogP contribution is 2.35. The number of alkyl halides is 3. The molecule has 1 aliphatic carbocycles. The van der Waals surface area contributed by atoms with Crippen LogP contribution in [0.25, 0.3) is 5.69 Å². The van der Waals surface area contributed by atoms with Crippen LogP contribution in [0.1, 0.15) is 35.0 Å². The molecule has 1 heterocycles. The Balaban J connectivity index is 1.79. The molecule has 3 aromatic rings. The summed E-state index contributed by atoms with van der Waals surface area (Å²) in [6.07, 6.45) is -3.37. The van der Waals surface area contributed by atoms with Crippen LogP contribution in [0.3, 0.4) is 0 Å². The number of aromatic nitrogens is 2. The molecule has 0 radical (unpaired) electrons. The van der Waals surface area contributed by atoms with Gasteiger partial charge in [-0.2, -0.15) is 13.2 Å². The summed E-state index contributed by atoms with van der Waals surface area (Å²) in [6, 6.07) is 14.3. The van der Waals surface area contributed by atoms with E-state index >= 15 is 0 Å². The van der Waals surface area contributed by atoms with Crippen LogP contribution in [0.2, 0.25) is 0 Å². The number of carbonyl (C=O) groups is 1. The Hall–Kier alpha value is -3.09. The minimum Gasteiger partial charge on any atom is -0.338 e. The summed E-state index contributed by atoms with van der Waals surface area (Å²) in [5.74, 6) is 0.418. The van der Waals surface area contributed by atoms with Gasteiger partial charge in [-0.25, -0.2) is 4.68 Å². The van der Waals surface area contributed by atoms with Crippen LogP contribution in [-0.2, 0) is 12.6 Å². The third-order valence-electron chi connectivity index (χ3n) is 4.79. The summed E-state index contributed by atoms with van der Waals surface area (Å²) in [7, 11) is 0.